The van der Waals surface area contributed by atoms with E-state index < -0.39 is 0 Å². The van der Waals surface area contributed by atoms with Crippen molar-refractivity contribution in [2.75, 3.05) is 0 Å². The van der Waals surface area contributed by atoms with Gasteiger partial charge in [0.1, 0.15) is 0 Å². The quantitative estimate of drug-likeness (QED) is 0.417. The second-order valence-electron chi connectivity index (χ2n) is 2.62. The van der Waals surface area contributed by atoms with E-state index in [2.05, 4.69) is 6.42 Å². The van der Waals surface area contributed by atoms with E-state index in [1.807, 2.05) is 0 Å². The van der Waals surface area contributed by atoms with Crippen LogP contribution in [0.2, 0.25) is 0 Å². The lowest BCUT2D eigenvalue weighted by Gasteiger charge is -2.23. The Morgan fingerprint density at radius 1 is 1.33 bits per heavy atom. The first-order chi connectivity index (χ1) is 2.91. The highest BCUT2D eigenvalue weighted by molar-refractivity contribution is 5.14. The molecule has 0 nitrogen and oxygen atoms in total. The van der Waals surface area contributed by atoms with Gasteiger partial charge < -0.3 is 0 Å². The van der Waals surface area contributed by atoms with Crippen LogP contribution in [0.1, 0.15) is 25.7 Å². The average Bonchev–Trinajstić information content (AvgIpc) is 2.02. The molecule has 0 aromatic carbocycles. The SMILES string of the molecule is [CH]1CC12CCC2. The van der Waals surface area contributed by atoms with E-state index in [0.717, 1.165) is 5.41 Å². The lowest BCUT2D eigenvalue weighted by molar-refractivity contribution is 0.306. The first kappa shape index (κ1) is 3.06. The fourth-order valence-corrected chi connectivity index (χ4v) is 1.18. The summed E-state index contributed by atoms with van der Waals surface area (Å²) in [6.45, 7) is 0. The molecule has 0 amide bonds. The van der Waals surface area contributed by atoms with Crippen LogP contribution in [-0.4, -0.2) is 0 Å². The van der Waals surface area contributed by atoms with Crippen molar-refractivity contribution in [1.29, 1.82) is 0 Å². The van der Waals surface area contributed by atoms with Crippen molar-refractivity contribution in [2.45, 2.75) is 25.7 Å². The molecule has 0 bridgehead atoms. The minimum Gasteiger partial charge on any atom is -0.0522 e. The molecule has 0 aromatic heterocycles. The Morgan fingerprint density at radius 3 is 2.00 bits per heavy atom. The van der Waals surface area contributed by atoms with Crippen molar-refractivity contribution in [3.05, 3.63) is 6.42 Å². The molecule has 2 fully saturated rings. The van der Waals surface area contributed by atoms with Gasteiger partial charge in [0.15, 0.2) is 0 Å². The van der Waals surface area contributed by atoms with Gasteiger partial charge in [0.25, 0.3) is 0 Å². The maximum atomic E-state index is 2.45. The third-order valence-corrected chi connectivity index (χ3v) is 2.13. The highest BCUT2D eigenvalue weighted by atomic mass is 14.5. The summed E-state index contributed by atoms with van der Waals surface area (Å²) in [4.78, 5) is 0. The molecular weight excluding hydrogens is 72.1 g/mol. The molecule has 0 atom stereocenters. The van der Waals surface area contributed by atoms with Crippen molar-refractivity contribution >= 4 is 0 Å². The third kappa shape index (κ3) is 0.213. The summed E-state index contributed by atoms with van der Waals surface area (Å²) in [5, 5.41) is 0. The molecule has 6 heavy (non-hydrogen) atoms. The smallest absolute Gasteiger partial charge is 0.0263 e. The zero-order valence-corrected chi connectivity index (χ0v) is 3.91. The standard InChI is InChI=1S/C6H9/c1-2-6(3-1)4-5-6/h4H,1-3,5H2. The zero-order chi connectivity index (χ0) is 4.04. The second kappa shape index (κ2) is 0.661. The minimum atomic E-state index is 0.847. The maximum Gasteiger partial charge on any atom is -0.0263 e. The van der Waals surface area contributed by atoms with E-state index >= 15 is 0 Å². The van der Waals surface area contributed by atoms with Crippen LogP contribution in [0.3, 0.4) is 0 Å². The minimum absolute atomic E-state index is 0.847. The van der Waals surface area contributed by atoms with Gasteiger partial charge in [-0.2, -0.15) is 0 Å². The number of hydrogen-bond acceptors (Lipinski definition) is 0. The van der Waals surface area contributed by atoms with Crippen LogP contribution in [0.5, 0.6) is 0 Å². The summed E-state index contributed by atoms with van der Waals surface area (Å²) in [5.74, 6) is 0. The van der Waals surface area contributed by atoms with E-state index in [1.54, 1.807) is 0 Å². The van der Waals surface area contributed by atoms with Gasteiger partial charge in [0.05, 0.1) is 0 Å². The van der Waals surface area contributed by atoms with E-state index in [-0.39, 0.29) is 0 Å². The second-order valence-corrected chi connectivity index (χ2v) is 2.62. The summed E-state index contributed by atoms with van der Waals surface area (Å²) in [7, 11) is 0. The first-order valence-electron chi connectivity index (χ1n) is 2.76. The van der Waals surface area contributed by atoms with Crippen LogP contribution in [0.4, 0.5) is 0 Å². The molecule has 0 heterocycles. The van der Waals surface area contributed by atoms with Crippen LogP contribution in [0, 0.1) is 11.8 Å². The summed E-state index contributed by atoms with van der Waals surface area (Å²) >= 11 is 0. The Labute approximate surface area is 38.6 Å². The lowest BCUT2D eigenvalue weighted by Crippen LogP contribution is -2.10. The van der Waals surface area contributed by atoms with E-state index in [4.69, 9.17) is 0 Å². The predicted octanol–water partition coefficient (Wildman–Crippen LogP) is 1.76. The highest BCUT2D eigenvalue weighted by Gasteiger charge is 2.47. The first-order valence-corrected chi connectivity index (χ1v) is 2.76. The summed E-state index contributed by atoms with van der Waals surface area (Å²) in [6, 6.07) is 0. The molecule has 0 unspecified atom stereocenters. The van der Waals surface area contributed by atoms with Crippen LogP contribution in [0.15, 0.2) is 0 Å². The summed E-state index contributed by atoms with van der Waals surface area (Å²) < 4.78 is 0. The molecule has 33 valence electrons. The van der Waals surface area contributed by atoms with Crippen molar-refractivity contribution in [3.8, 4) is 0 Å². The van der Waals surface area contributed by atoms with Crippen LogP contribution >= 0.6 is 0 Å². The third-order valence-electron chi connectivity index (χ3n) is 2.13. The maximum absolute atomic E-state index is 2.45. The van der Waals surface area contributed by atoms with E-state index in [1.165, 1.54) is 25.7 Å². The Balaban J connectivity index is 2.09. The molecule has 0 aromatic rings. The van der Waals surface area contributed by atoms with Crippen LogP contribution in [0.25, 0.3) is 0 Å². The largest absolute Gasteiger partial charge is 0.0522 e. The Hall–Kier alpha value is 0. The van der Waals surface area contributed by atoms with E-state index in [9.17, 15) is 0 Å². The number of rotatable bonds is 0. The van der Waals surface area contributed by atoms with Crippen molar-refractivity contribution in [1.82, 2.24) is 0 Å². The topological polar surface area (TPSA) is 0 Å². The van der Waals surface area contributed by atoms with E-state index in [0.29, 0.717) is 0 Å². The average molecular weight is 81.1 g/mol. The molecule has 1 radical (unpaired) electrons. The normalized spacial score (nSPS) is 36.0. The van der Waals surface area contributed by atoms with Crippen LogP contribution < -0.4 is 0 Å². The Bertz CT molecular complexity index is 64.1. The molecule has 2 saturated carbocycles. The molecule has 1 spiro atoms. The van der Waals surface area contributed by atoms with Gasteiger partial charge in [0, 0.05) is 0 Å². The highest BCUT2D eigenvalue weighted by Crippen LogP contribution is 2.59. The molecule has 0 aliphatic heterocycles. The fourth-order valence-electron chi connectivity index (χ4n) is 1.18. The van der Waals surface area contributed by atoms with Gasteiger partial charge in [-0.3, -0.25) is 0 Å². The molecule has 2 rings (SSSR count). The molecule has 0 N–H and O–H groups in total. The molecular formula is C6H9. The Morgan fingerprint density at radius 2 is 2.00 bits per heavy atom. The molecule has 2 aliphatic carbocycles. The zero-order valence-electron chi connectivity index (χ0n) is 3.91. The van der Waals surface area contributed by atoms with Gasteiger partial charge in [0.2, 0.25) is 0 Å². The van der Waals surface area contributed by atoms with Gasteiger partial charge in [-0.05, 0) is 31.1 Å². The van der Waals surface area contributed by atoms with Gasteiger partial charge in [-0.1, -0.05) is 6.42 Å². The van der Waals surface area contributed by atoms with Gasteiger partial charge in [-0.15, -0.1) is 0 Å². The van der Waals surface area contributed by atoms with Crippen molar-refractivity contribution in [3.63, 3.8) is 0 Å². The van der Waals surface area contributed by atoms with Crippen molar-refractivity contribution < 1.29 is 0 Å². The molecule has 0 heteroatoms. The number of hydrogen-bond donors (Lipinski definition) is 0. The molecule has 2 aliphatic rings. The molecule has 0 saturated heterocycles. The Kier molecular flexibility index (Phi) is 0.337. The predicted molar refractivity (Wildman–Crippen MR) is 25.2 cm³/mol. The monoisotopic (exact) mass is 81.1 g/mol. The van der Waals surface area contributed by atoms with Gasteiger partial charge >= 0.3 is 0 Å². The van der Waals surface area contributed by atoms with Crippen molar-refractivity contribution in [2.24, 2.45) is 5.41 Å². The lowest BCUT2D eigenvalue weighted by atomic mass is 9.82. The van der Waals surface area contributed by atoms with Crippen LogP contribution in [-0.2, 0) is 0 Å². The summed E-state index contributed by atoms with van der Waals surface area (Å²) in [6.07, 6.45) is 8.40. The fraction of sp³-hybridized carbons (Fsp3) is 0.833. The summed E-state index contributed by atoms with van der Waals surface area (Å²) in [5.41, 5.74) is 0.847. The van der Waals surface area contributed by atoms with Gasteiger partial charge in [-0.25, -0.2) is 0 Å².